The van der Waals surface area contributed by atoms with E-state index in [9.17, 15) is 0 Å². The fourth-order valence-corrected chi connectivity index (χ4v) is 5.09. The molecule has 1 aromatic rings. The summed E-state index contributed by atoms with van der Waals surface area (Å²) in [4.78, 5) is 0. The minimum absolute atomic E-state index is 0.378. The van der Waals surface area contributed by atoms with Crippen LogP contribution in [0, 0.1) is 23.7 Å². The lowest BCUT2D eigenvalue weighted by Crippen LogP contribution is -2.46. The summed E-state index contributed by atoms with van der Waals surface area (Å²) < 4.78 is 1.94. The van der Waals surface area contributed by atoms with Crippen molar-refractivity contribution in [3.63, 3.8) is 0 Å². The largest absolute Gasteiger partial charge is 0.383 e. The highest BCUT2D eigenvalue weighted by Crippen LogP contribution is 2.58. The molecule has 0 aromatic carbocycles. The predicted octanol–water partition coefficient (Wildman–Crippen LogP) is 2.70. The quantitative estimate of drug-likeness (QED) is 0.821. The number of anilines is 2. The summed E-state index contributed by atoms with van der Waals surface area (Å²) in [5, 5.41) is 4.83. The van der Waals surface area contributed by atoms with Gasteiger partial charge in [-0.15, -0.1) is 0 Å². The summed E-state index contributed by atoms with van der Waals surface area (Å²) in [6.45, 7) is 0. The number of nitrogens with two attached hydrogens (primary N) is 2. The van der Waals surface area contributed by atoms with Gasteiger partial charge in [-0.2, -0.15) is 5.10 Å². The lowest BCUT2D eigenvalue weighted by atomic mass is 9.54. The maximum atomic E-state index is 6.08. The molecule has 0 amide bonds. The van der Waals surface area contributed by atoms with Crippen LogP contribution in [-0.2, 0) is 0 Å². The van der Waals surface area contributed by atoms with E-state index >= 15 is 0 Å². The van der Waals surface area contributed by atoms with Crippen LogP contribution in [0.15, 0.2) is 0 Å². The summed E-state index contributed by atoms with van der Waals surface area (Å²) in [7, 11) is 0. The first kappa shape index (κ1) is 11.0. The molecule has 0 atom stereocenters. The second-order valence-electron chi connectivity index (χ2n) is 6.45. The zero-order valence-corrected chi connectivity index (χ0v) is 11.1. The van der Waals surface area contributed by atoms with Crippen LogP contribution in [0.25, 0.3) is 0 Å². The molecular formula is C13H19ClN4. The molecular weight excluding hydrogens is 248 g/mol. The Morgan fingerprint density at radius 1 is 1.00 bits per heavy atom. The number of hydrogen-bond donors (Lipinski definition) is 2. The first-order valence-electron chi connectivity index (χ1n) is 6.92. The predicted molar refractivity (Wildman–Crippen MR) is 72.1 cm³/mol. The van der Waals surface area contributed by atoms with Gasteiger partial charge < -0.3 is 11.5 Å². The molecule has 5 heteroatoms. The number of halogens is 1. The average Bonchev–Trinajstić information content (AvgIpc) is 2.56. The number of nitrogens with zero attached hydrogens (tertiary/aromatic N) is 2. The van der Waals surface area contributed by atoms with Crippen LogP contribution < -0.4 is 11.5 Å². The van der Waals surface area contributed by atoms with E-state index in [-0.39, 0.29) is 0 Å². The van der Waals surface area contributed by atoms with Crippen LogP contribution in [0.4, 0.5) is 11.6 Å². The number of nitrogen functional groups attached to an aromatic ring is 2. The first-order valence-corrected chi connectivity index (χ1v) is 7.30. The highest BCUT2D eigenvalue weighted by molar-refractivity contribution is 6.35. The zero-order chi connectivity index (χ0) is 12.4. The summed E-state index contributed by atoms with van der Waals surface area (Å²) in [6, 6.07) is 0.438. The van der Waals surface area contributed by atoms with E-state index in [1.165, 1.54) is 32.1 Å². The van der Waals surface area contributed by atoms with Gasteiger partial charge in [-0.25, -0.2) is 4.68 Å². The lowest BCUT2D eigenvalue weighted by Gasteiger charge is -2.54. The van der Waals surface area contributed by atoms with Gasteiger partial charge in [0.25, 0.3) is 0 Å². The van der Waals surface area contributed by atoms with Crippen LogP contribution in [0.2, 0.25) is 5.02 Å². The van der Waals surface area contributed by atoms with Crippen LogP contribution in [0.5, 0.6) is 0 Å². The number of hydrogen-bond acceptors (Lipinski definition) is 3. The Morgan fingerprint density at radius 3 is 2.00 bits per heavy atom. The molecule has 4 nitrogen and oxygen atoms in total. The minimum Gasteiger partial charge on any atom is -0.383 e. The van der Waals surface area contributed by atoms with Crippen molar-refractivity contribution >= 4 is 23.2 Å². The highest BCUT2D eigenvalue weighted by atomic mass is 35.5. The van der Waals surface area contributed by atoms with E-state index < -0.39 is 0 Å². The molecule has 0 saturated heterocycles. The van der Waals surface area contributed by atoms with Crippen LogP contribution in [0.3, 0.4) is 0 Å². The molecule has 4 bridgehead atoms. The van der Waals surface area contributed by atoms with Gasteiger partial charge >= 0.3 is 0 Å². The summed E-state index contributed by atoms with van der Waals surface area (Å²) >= 11 is 6.08. The van der Waals surface area contributed by atoms with Crippen molar-refractivity contribution < 1.29 is 0 Å². The van der Waals surface area contributed by atoms with E-state index in [1.54, 1.807) is 0 Å². The fraction of sp³-hybridized carbons (Fsp3) is 0.769. The van der Waals surface area contributed by atoms with Gasteiger partial charge in [0.15, 0.2) is 5.82 Å². The first-order chi connectivity index (χ1) is 8.63. The van der Waals surface area contributed by atoms with Crippen molar-refractivity contribution in [3.8, 4) is 0 Å². The van der Waals surface area contributed by atoms with Gasteiger partial charge in [0.05, 0.1) is 6.04 Å². The van der Waals surface area contributed by atoms with Crippen molar-refractivity contribution in [1.29, 1.82) is 0 Å². The third-order valence-electron chi connectivity index (χ3n) is 5.37. The molecule has 0 radical (unpaired) electrons. The van der Waals surface area contributed by atoms with Crippen LogP contribution >= 0.6 is 11.6 Å². The van der Waals surface area contributed by atoms with Crippen molar-refractivity contribution in [3.05, 3.63) is 5.02 Å². The molecule has 18 heavy (non-hydrogen) atoms. The maximum Gasteiger partial charge on any atom is 0.166 e. The smallest absolute Gasteiger partial charge is 0.166 e. The van der Waals surface area contributed by atoms with Crippen molar-refractivity contribution in [2.75, 3.05) is 11.5 Å². The average molecular weight is 267 g/mol. The standard InChI is InChI=1S/C13H19ClN4/c14-10-12(15)17-18(13(10)16)11-8-2-6-1-7(4-8)5-9(11)3-6/h6-9,11H,1-5,16H2,(H2,15,17). The zero-order valence-electron chi connectivity index (χ0n) is 10.3. The van der Waals surface area contributed by atoms with Crippen LogP contribution in [0.1, 0.15) is 38.1 Å². The Labute approximate surface area is 112 Å². The third-order valence-corrected chi connectivity index (χ3v) is 5.76. The van der Waals surface area contributed by atoms with E-state index in [0.717, 1.165) is 23.7 Å². The topological polar surface area (TPSA) is 69.9 Å². The molecule has 0 aliphatic heterocycles. The maximum absolute atomic E-state index is 6.08. The Hall–Kier alpha value is -0.900. The molecule has 4 saturated carbocycles. The second-order valence-corrected chi connectivity index (χ2v) is 6.83. The molecule has 0 unspecified atom stereocenters. The normalized spacial score (nSPS) is 41.5. The molecule has 4 aliphatic carbocycles. The Kier molecular flexibility index (Phi) is 2.17. The molecule has 98 valence electrons. The molecule has 5 rings (SSSR count). The van der Waals surface area contributed by atoms with Gasteiger partial charge in [0, 0.05) is 0 Å². The molecule has 4 fully saturated rings. The SMILES string of the molecule is Nc1nn(C2C3CC4CC(C3)CC2C4)c(N)c1Cl. The van der Waals surface area contributed by atoms with Gasteiger partial charge in [-0.05, 0) is 55.8 Å². The summed E-state index contributed by atoms with van der Waals surface area (Å²) in [5.41, 5.74) is 11.9. The summed E-state index contributed by atoms with van der Waals surface area (Å²) in [6.07, 6.45) is 6.82. The Balaban J connectivity index is 1.74. The van der Waals surface area contributed by atoms with Crippen molar-refractivity contribution in [2.24, 2.45) is 23.7 Å². The number of rotatable bonds is 1. The second kappa shape index (κ2) is 3.56. The third kappa shape index (κ3) is 1.35. The Morgan fingerprint density at radius 2 is 1.56 bits per heavy atom. The monoisotopic (exact) mass is 266 g/mol. The van der Waals surface area contributed by atoms with Gasteiger partial charge in [0.1, 0.15) is 10.8 Å². The fourth-order valence-electron chi connectivity index (χ4n) is 4.97. The molecule has 4 N–H and O–H groups in total. The van der Waals surface area contributed by atoms with Crippen LogP contribution in [-0.4, -0.2) is 9.78 Å². The van der Waals surface area contributed by atoms with E-state index in [4.69, 9.17) is 23.1 Å². The van der Waals surface area contributed by atoms with Gasteiger partial charge in [0.2, 0.25) is 0 Å². The Bertz CT molecular complexity index is 467. The molecule has 1 heterocycles. The van der Waals surface area contributed by atoms with E-state index in [0.29, 0.717) is 22.7 Å². The van der Waals surface area contributed by atoms with Gasteiger partial charge in [-0.3, -0.25) is 0 Å². The van der Waals surface area contributed by atoms with Gasteiger partial charge in [-0.1, -0.05) is 11.6 Å². The van der Waals surface area contributed by atoms with E-state index in [2.05, 4.69) is 5.10 Å². The molecule has 1 aromatic heterocycles. The molecule has 0 spiro atoms. The lowest BCUT2D eigenvalue weighted by molar-refractivity contribution is -0.0326. The summed E-state index contributed by atoms with van der Waals surface area (Å²) in [5.74, 6) is 4.31. The van der Waals surface area contributed by atoms with E-state index in [1.807, 2.05) is 4.68 Å². The molecule has 4 aliphatic rings. The highest BCUT2D eigenvalue weighted by Gasteiger charge is 2.49. The minimum atomic E-state index is 0.378. The number of aromatic nitrogens is 2. The van der Waals surface area contributed by atoms with Crippen molar-refractivity contribution in [2.45, 2.75) is 38.1 Å². The van der Waals surface area contributed by atoms with Crippen molar-refractivity contribution in [1.82, 2.24) is 9.78 Å².